The summed E-state index contributed by atoms with van der Waals surface area (Å²) < 4.78 is 0. The Morgan fingerprint density at radius 2 is 2.24 bits per heavy atom. The van der Waals surface area contributed by atoms with Crippen LogP contribution >= 0.6 is 0 Å². The first kappa shape index (κ1) is 10.7. The van der Waals surface area contributed by atoms with Crippen molar-refractivity contribution in [2.24, 2.45) is 0 Å². The highest BCUT2D eigenvalue weighted by Gasteiger charge is 2.13. The zero-order chi connectivity index (χ0) is 11.5. The Kier molecular flexibility index (Phi) is 3.03. The number of hydrogen-bond donors (Lipinski definition) is 2. The number of para-hydroxylation sites is 1. The van der Waals surface area contributed by atoms with E-state index < -0.39 is 0 Å². The molecule has 1 aromatic carbocycles. The Morgan fingerprint density at radius 1 is 1.29 bits per heavy atom. The molecule has 1 unspecified atom stereocenters. The Morgan fingerprint density at radius 3 is 3.12 bits per heavy atom. The number of hydrogen-bond acceptors (Lipinski definition) is 3. The van der Waals surface area contributed by atoms with Crippen LogP contribution in [0, 0.1) is 0 Å². The number of rotatable bonds is 3. The highest BCUT2D eigenvalue weighted by atomic mass is 15.0. The average molecular weight is 227 g/mol. The number of benzene rings is 1. The molecule has 0 saturated carbocycles. The lowest BCUT2D eigenvalue weighted by molar-refractivity contribution is 0.548. The van der Waals surface area contributed by atoms with Crippen LogP contribution in [0.4, 0.5) is 0 Å². The summed E-state index contributed by atoms with van der Waals surface area (Å²) in [6.45, 7) is 3.12. The van der Waals surface area contributed by atoms with Crippen LogP contribution in [0.2, 0.25) is 0 Å². The molecule has 1 aliphatic rings. The first-order valence-electron chi connectivity index (χ1n) is 6.20. The van der Waals surface area contributed by atoms with Crippen LogP contribution in [0.5, 0.6) is 0 Å². The minimum Gasteiger partial charge on any atom is -0.315 e. The van der Waals surface area contributed by atoms with Crippen molar-refractivity contribution in [1.29, 1.82) is 0 Å². The molecule has 3 nitrogen and oxygen atoms in total. The SMILES string of the molecule is c1cnc2c(CNC3CCNC3)cccc2c1. The van der Waals surface area contributed by atoms with Gasteiger partial charge < -0.3 is 10.6 Å². The number of nitrogens with zero attached hydrogens (tertiary/aromatic N) is 1. The number of pyridine rings is 1. The molecule has 17 heavy (non-hydrogen) atoms. The number of nitrogens with one attached hydrogen (secondary N) is 2. The number of fused-ring (bicyclic) bond motifs is 1. The van der Waals surface area contributed by atoms with Gasteiger partial charge in [0.2, 0.25) is 0 Å². The lowest BCUT2D eigenvalue weighted by atomic mass is 10.1. The molecule has 1 atom stereocenters. The Balaban J connectivity index is 1.79. The van der Waals surface area contributed by atoms with Crippen LogP contribution in [0.25, 0.3) is 10.9 Å². The third kappa shape index (κ3) is 2.30. The van der Waals surface area contributed by atoms with Gasteiger partial charge in [-0.3, -0.25) is 4.98 Å². The summed E-state index contributed by atoms with van der Waals surface area (Å²) >= 11 is 0. The van der Waals surface area contributed by atoms with Gasteiger partial charge in [-0.25, -0.2) is 0 Å². The molecule has 0 radical (unpaired) electrons. The van der Waals surface area contributed by atoms with Crippen molar-refractivity contribution in [3.05, 3.63) is 42.1 Å². The molecule has 0 spiro atoms. The number of aromatic nitrogens is 1. The molecule has 2 N–H and O–H groups in total. The van der Waals surface area contributed by atoms with E-state index in [1.807, 2.05) is 12.3 Å². The summed E-state index contributed by atoms with van der Waals surface area (Å²) in [7, 11) is 0. The van der Waals surface area contributed by atoms with Gasteiger partial charge in [0.15, 0.2) is 0 Å². The molecule has 2 aromatic rings. The third-order valence-corrected chi connectivity index (χ3v) is 3.36. The van der Waals surface area contributed by atoms with E-state index >= 15 is 0 Å². The maximum Gasteiger partial charge on any atom is 0.0746 e. The molecule has 0 aliphatic carbocycles. The fraction of sp³-hybridized carbons (Fsp3) is 0.357. The minimum atomic E-state index is 0.606. The second-order valence-corrected chi connectivity index (χ2v) is 4.56. The van der Waals surface area contributed by atoms with Crippen molar-refractivity contribution in [2.75, 3.05) is 13.1 Å². The summed E-state index contributed by atoms with van der Waals surface area (Å²) in [6.07, 6.45) is 3.08. The topological polar surface area (TPSA) is 37.0 Å². The van der Waals surface area contributed by atoms with Crippen molar-refractivity contribution in [3.63, 3.8) is 0 Å². The second-order valence-electron chi connectivity index (χ2n) is 4.56. The summed E-state index contributed by atoms with van der Waals surface area (Å²) in [4.78, 5) is 4.47. The quantitative estimate of drug-likeness (QED) is 0.837. The van der Waals surface area contributed by atoms with Gasteiger partial charge in [-0.05, 0) is 24.6 Å². The maximum absolute atomic E-state index is 4.47. The van der Waals surface area contributed by atoms with Crippen molar-refractivity contribution in [2.45, 2.75) is 19.0 Å². The lowest BCUT2D eigenvalue weighted by Gasteiger charge is -2.12. The average Bonchev–Trinajstić information content (AvgIpc) is 2.89. The van der Waals surface area contributed by atoms with E-state index in [9.17, 15) is 0 Å². The predicted octanol–water partition coefficient (Wildman–Crippen LogP) is 1.69. The van der Waals surface area contributed by atoms with Gasteiger partial charge >= 0.3 is 0 Å². The van der Waals surface area contributed by atoms with Crippen LogP contribution in [0.3, 0.4) is 0 Å². The second kappa shape index (κ2) is 4.82. The van der Waals surface area contributed by atoms with E-state index in [4.69, 9.17) is 0 Å². The van der Waals surface area contributed by atoms with Crippen molar-refractivity contribution in [3.8, 4) is 0 Å². The van der Waals surface area contributed by atoms with Gasteiger partial charge in [-0.1, -0.05) is 24.3 Å². The van der Waals surface area contributed by atoms with Crippen LogP contribution in [-0.2, 0) is 6.54 Å². The molecular formula is C14H17N3. The molecule has 0 bridgehead atoms. The fourth-order valence-corrected chi connectivity index (χ4v) is 2.39. The third-order valence-electron chi connectivity index (χ3n) is 3.36. The summed E-state index contributed by atoms with van der Waals surface area (Å²) in [5.41, 5.74) is 2.41. The van der Waals surface area contributed by atoms with E-state index in [1.165, 1.54) is 17.4 Å². The van der Waals surface area contributed by atoms with E-state index in [2.05, 4.69) is 39.9 Å². The molecule has 1 fully saturated rings. The van der Waals surface area contributed by atoms with E-state index in [1.54, 1.807) is 0 Å². The van der Waals surface area contributed by atoms with Crippen LogP contribution in [-0.4, -0.2) is 24.1 Å². The smallest absolute Gasteiger partial charge is 0.0746 e. The van der Waals surface area contributed by atoms with Gasteiger partial charge in [0.1, 0.15) is 0 Å². The molecule has 2 heterocycles. The monoisotopic (exact) mass is 227 g/mol. The van der Waals surface area contributed by atoms with E-state index in [-0.39, 0.29) is 0 Å². The largest absolute Gasteiger partial charge is 0.315 e. The highest BCUT2D eigenvalue weighted by molar-refractivity contribution is 5.81. The Hall–Kier alpha value is -1.45. The molecular weight excluding hydrogens is 210 g/mol. The molecule has 0 amide bonds. The summed E-state index contributed by atoms with van der Waals surface area (Å²) in [5, 5.41) is 8.17. The lowest BCUT2D eigenvalue weighted by Crippen LogP contribution is -2.30. The van der Waals surface area contributed by atoms with Crippen molar-refractivity contribution < 1.29 is 0 Å². The summed E-state index contributed by atoms with van der Waals surface area (Å²) in [6, 6.07) is 11.1. The summed E-state index contributed by atoms with van der Waals surface area (Å²) in [5.74, 6) is 0. The predicted molar refractivity (Wildman–Crippen MR) is 69.9 cm³/mol. The minimum absolute atomic E-state index is 0.606. The Labute approximate surface area is 101 Å². The van der Waals surface area contributed by atoms with Gasteiger partial charge in [0.05, 0.1) is 5.52 Å². The molecule has 1 saturated heterocycles. The van der Waals surface area contributed by atoms with Gasteiger partial charge in [-0.15, -0.1) is 0 Å². The molecule has 3 rings (SSSR count). The van der Waals surface area contributed by atoms with Crippen LogP contribution in [0.15, 0.2) is 36.5 Å². The van der Waals surface area contributed by atoms with Gasteiger partial charge in [-0.2, -0.15) is 0 Å². The molecule has 88 valence electrons. The van der Waals surface area contributed by atoms with Crippen molar-refractivity contribution in [1.82, 2.24) is 15.6 Å². The van der Waals surface area contributed by atoms with Gasteiger partial charge in [0, 0.05) is 30.7 Å². The van der Waals surface area contributed by atoms with Gasteiger partial charge in [0.25, 0.3) is 0 Å². The van der Waals surface area contributed by atoms with Crippen LogP contribution in [0.1, 0.15) is 12.0 Å². The standard InChI is InChI=1S/C14H17N3/c1-3-11-5-2-7-16-14(11)12(4-1)9-17-13-6-8-15-10-13/h1-5,7,13,15,17H,6,8-10H2. The zero-order valence-corrected chi connectivity index (χ0v) is 9.82. The normalized spacial score (nSPS) is 19.9. The maximum atomic E-state index is 4.47. The fourth-order valence-electron chi connectivity index (χ4n) is 2.39. The van der Waals surface area contributed by atoms with Crippen molar-refractivity contribution >= 4 is 10.9 Å². The van der Waals surface area contributed by atoms with E-state index in [0.717, 1.165) is 25.2 Å². The highest BCUT2D eigenvalue weighted by Crippen LogP contribution is 2.16. The first-order chi connectivity index (χ1) is 8.43. The molecule has 1 aromatic heterocycles. The first-order valence-corrected chi connectivity index (χ1v) is 6.20. The molecule has 1 aliphatic heterocycles. The van der Waals surface area contributed by atoms with Crippen LogP contribution < -0.4 is 10.6 Å². The zero-order valence-electron chi connectivity index (χ0n) is 9.82. The molecule has 3 heteroatoms. The van der Waals surface area contributed by atoms with E-state index in [0.29, 0.717) is 6.04 Å². The Bertz CT molecular complexity index is 498.